The maximum absolute atomic E-state index is 12.7. The van der Waals surface area contributed by atoms with Crippen LogP contribution in [0.4, 0.5) is 16.2 Å². The second kappa shape index (κ2) is 7.10. The number of amides is 3. The number of anilines is 2. The molecule has 0 bridgehead atoms. The third kappa shape index (κ3) is 3.49. The minimum atomic E-state index is -0.214. The van der Waals surface area contributed by atoms with Crippen LogP contribution in [0.1, 0.15) is 30.9 Å². The van der Waals surface area contributed by atoms with E-state index in [2.05, 4.69) is 29.1 Å². The van der Waals surface area contributed by atoms with E-state index in [1.54, 1.807) is 30.1 Å². The van der Waals surface area contributed by atoms with Crippen LogP contribution in [0.15, 0.2) is 24.4 Å². The lowest BCUT2D eigenvalue weighted by Gasteiger charge is -2.26. The summed E-state index contributed by atoms with van der Waals surface area (Å²) in [5, 5.41) is 2.90. The monoisotopic (exact) mass is 381 g/mol. The van der Waals surface area contributed by atoms with Crippen molar-refractivity contribution in [3.05, 3.63) is 41.5 Å². The summed E-state index contributed by atoms with van der Waals surface area (Å²) in [4.78, 5) is 36.8. The summed E-state index contributed by atoms with van der Waals surface area (Å²) in [7, 11) is 1.69. The minimum Gasteiger partial charge on any atom is -0.482 e. The topological polar surface area (TPSA) is 87.7 Å². The predicted octanol–water partition coefficient (Wildman–Crippen LogP) is 2.58. The summed E-state index contributed by atoms with van der Waals surface area (Å²) in [6, 6.07) is 5.06. The average molecular weight is 381 g/mol. The van der Waals surface area contributed by atoms with Gasteiger partial charge >= 0.3 is 6.03 Å². The van der Waals surface area contributed by atoms with Crippen molar-refractivity contribution in [1.82, 2.24) is 14.9 Å². The molecule has 0 spiro atoms. The number of urea groups is 1. The molecule has 0 saturated carbocycles. The van der Waals surface area contributed by atoms with Gasteiger partial charge in [-0.2, -0.15) is 0 Å². The molecule has 0 fully saturated rings. The fourth-order valence-electron chi connectivity index (χ4n) is 3.35. The first-order chi connectivity index (χ1) is 13.4. The van der Waals surface area contributed by atoms with Gasteiger partial charge in [0.25, 0.3) is 5.91 Å². The molecule has 0 saturated heterocycles. The standard InChI is InChI=1S/C20H23N5O3/c1-12(2)6-18-21-8-13-9-25(10-15(13)23-18)20(27)22-14-4-5-17-16(7-14)24(3)19(26)11-28-17/h4-5,7-8,12H,6,9-11H2,1-3H3,(H,22,27). The van der Waals surface area contributed by atoms with Gasteiger partial charge in [-0.25, -0.2) is 14.8 Å². The van der Waals surface area contributed by atoms with Crippen molar-refractivity contribution in [1.29, 1.82) is 0 Å². The van der Waals surface area contributed by atoms with Gasteiger partial charge in [0.15, 0.2) is 6.61 Å². The fraction of sp³-hybridized carbons (Fsp3) is 0.400. The molecule has 4 rings (SSSR count). The van der Waals surface area contributed by atoms with Gasteiger partial charge in [0.2, 0.25) is 0 Å². The number of nitrogens with one attached hydrogen (secondary N) is 1. The molecular weight excluding hydrogens is 358 g/mol. The van der Waals surface area contributed by atoms with Crippen LogP contribution in [-0.2, 0) is 24.3 Å². The molecule has 8 nitrogen and oxygen atoms in total. The molecule has 1 aromatic heterocycles. The van der Waals surface area contributed by atoms with Crippen molar-refractivity contribution in [2.24, 2.45) is 5.92 Å². The van der Waals surface area contributed by atoms with Crippen LogP contribution in [0.2, 0.25) is 0 Å². The van der Waals surface area contributed by atoms with E-state index in [0.717, 1.165) is 23.5 Å². The van der Waals surface area contributed by atoms with Gasteiger partial charge in [0, 0.05) is 30.9 Å². The smallest absolute Gasteiger partial charge is 0.322 e. The Bertz CT molecular complexity index is 943. The van der Waals surface area contributed by atoms with Crippen molar-refractivity contribution in [3.8, 4) is 5.75 Å². The van der Waals surface area contributed by atoms with E-state index in [1.165, 1.54) is 4.90 Å². The van der Waals surface area contributed by atoms with E-state index in [-0.39, 0.29) is 18.5 Å². The van der Waals surface area contributed by atoms with Gasteiger partial charge < -0.3 is 19.9 Å². The molecular formula is C20H23N5O3. The number of nitrogens with zero attached hydrogens (tertiary/aromatic N) is 4. The molecule has 8 heteroatoms. The number of carbonyl (C=O) groups is 2. The minimum absolute atomic E-state index is 0.0288. The summed E-state index contributed by atoms with van der Waals surface area (Å²) in [6.45, 7) is 5.23. The molecule has 0 atom stereocenters. The zero-order valence-corrected chi connectivity index (χ0v) is 16.2. The third-order valence-electron chi connectivity index (χ3n) is 4.88. The molecule has 2 aliphatic rings. The van der Waals surface area contributed by atoms with Crippen LogP contribution in [-0.4, -0.2) is 40.5 Å². The first kappa shape index (κ1) is 18.2. The number of hydrogen-bond acceptors (Lipinski definition) is 5. The summed E-state index contributed by atoms with van der Waals surface area (Å²) in [5.41, 5.74) is 3.14. The number of aromatic nitrogens is 2. The maximum atomic E-state index is 12.7. The normalized spacial score (nSPS) is 15.4. The Morgan fingerprint density at radius 2 is 2.14 bits per heavy atom. The lowest BCUT2D eigenvalue weighted by atomic mass is 10.1. The lowest BCUT2D eigenvalue weighted by Crippen LogP contribution is -2.35. The average Bonchev–Trinajstić information content (AvgIpc) is 3.08. The molecule has 3 amide bonds. The molecule has 0 aliphatic carbocycles. The van der Waals surface area contributed by atoms with Gasteiger partial charge in [-0.1, -0.05) is 13.8 Å². The highest BCUT2D eigenvalue weighted by Gasteiger charge is 2.27. The van der Waals surface area contributed by atoms with Gasteiger partial charge in [-0.05, 0) is 24.1 Å². The second-order valence-electron chi connectivity index (χ2n) is 7.57. The number of hydrogen-bond donors (Lipinski definition) is 1. The van der Waals surface area contributed by atoms with Crippen molar-refractivity contribution < 1.29 is 14.3 Å². The fourth-order valence-corrected chi connectivity index (χ4v) is 3.35. The van der Waals surface area contributed by atoms with Crippen LogP contribution in [0.3, 0.4) is 0 Å². The summed E-state index contributed by atoms with van der Waals surface area (Å²) >= 11 is 0. The SMILES string of the molecule is CC(C)Cc1ncc2c(n1)CN(C(=O)Nc1ccc3c(c1)N(C)C(=O)CO3)C2. The molecule has 28 heavy (non-hydrogen) atoms. The largest absolute Gasteiger partial charge is 0.482 e. The zero-order chi connectivity index (χ0) is 19.8. The summed E-state index contributed by atoms with van der Waals surface area (Å²) < 4.78 is 5.42. The van der Waals surface area contributed by atoms with E-state index < -0.39 is 0 Å². The summed E-state index contributed by atoms with van der Waals surface area (Å²) in [6.07, 6.45) is 2.65. The Hall–Kier alpha value is -3.16. The Morgan fingerprint density at radius 1 is 1.32 bits per heavy atom. The van der Waals surface area contributed by atoms with E-state index in [4.69, 9.17) is 4.74 Å². The van der Waals surface area contributed by atoms with Crippen molar-refractivity contribution in [2.75, 3.05) is 23.9 Å². The van der Waals surface area contributed by atoms with Crippen molar-refractivity contribution in [2.45, 2.75) is 33.4 Å². The van der Waals surface area contributed by atoms with Crippen LogP contribution in [0, 0.1) is 5.92 Å². The van der Waals surface area contributed by atoms with Crippen LogP contribution >= 0.6 is 0 Å². The highest BCUT2D eigenvalue weighted by atomic mass is 16.5. The number of carbonyl (C=O) groups excluding carboxylic acids is 2. The highest BCUT2D eigenvalue weighted by molar-refractivity contribution is 5.99. The summed E-state index contributed by atoms with van der Waals surface area (Å²) in [5.74, 6) is 1.80. The molecule has 1 N–H and O–H groups in total. The molecule has 0 radical (unpaired) electrons. The molecule has 0 unspecified atom stereocenters. The predicted molar refractivity (Wildman–Crippen MR) is 104 cm³/mol. The third-order valence-corrected chi connectivity index (χ3v) is 4.88. The second-order valence-corrected chi connectivity index (χ2v) is 7.57. The number of ether oxygens (including phenoxy) is 1. The molecule has 146 valence electrons. The lowest BCUT2D eigenvalue weighted by molar-refractivity contribution is -0.120. The van der Waals surface area contributed by atoms with Gasteiger partial charge in [-0.15, -0.1) is 0 Å². The van der Waals surface area contributed by atoms with Crippen molar-refractivity contribution >= 4 is 23.3 Å². The van der Waals surface area contributed by atoms with Crippen LogP contribution in [0.5, 0.6) is 5.75 Å². The van der Waals surface area contributed by atoms with Gasteiger partial charge in [0.1, 0.15) is 11.6 Å². The zero-order valence-electron chi connectivity index (χ0n) is 16.2. The van der Waals surface area contributed by atoms with E-state index in [1.807, 2.05) is 6.20 Å². The highest BCUT2D eigenvalue weighted by Crippen LogP contribution is 2.34. The quantitative estimate of drug-likeness (QED) is 0.883. The van der Waals surface area contributed by atoms with Crippen molar-refractivity contribution in [3.63, 3.8) is 0 Å². The molecule has 2 aliphatic heterocycles. The maximum Gasteiger partial charge on any atom is 0.322 e. The van der Waals surface area contributed by atoms with Gasteiger partial charge in [0.05, 0.1) is 24.5 Å². The Balaban J connectivity index is 1.45. The number of likely N-dealkylation sites (N-methyl/N-ethyl adjacent to an activating group) is 1. The molecule has 1 aromatic carbocycles. The van der Waals surface area contributed by atoms with Gasteiger partial charge in [-0.3, -0.25) is 4.79 Å². The van der Waals surface area contributed by atoms with E-state index in [9.17, 15) is 9.59 Å². The van der Waals surface area contributed by atoms with Crippen LogP contribution < -0.4 is 15.0 Å². The van der Waals surface area contributed by atoms with E-state index in [0.29, 0.717) is 36.1 Å². The number of fused-ring (bicyclic) bond motifs is 2. The molecule has 2 aromatic rings. The Morgan fingerprint density at radius 3 is 2.93 bits per heavy atom. The molecule has 3 heterocycles. The van der Waals surface area contributed by atoms with Crippen LogP contribution in [0.25, 0.3) is 0 Å². The Labute approximate surface area is 163 Å². The number of rotatable bonds is 3. The van der Waals surface area contributed by atoms with E-state index >= 15 is 0 Å². The first-order valence-corrected chi connectivity index (χ1v) is 9.33. The Kier molecular flexibility index (Phi) is 4.62. The number of benzene rings is 1. The first-order valence-electron chi connectivity index (χ1n) is 9.33.